The normalized spacial score (nSPS) is 13.7. The lowest BCUT2D eigenvalue weighted by atomic mass is 9.97. The third-order valence-corrected chi connectivity index (χ3v) is 12.2. The van der Waals surface area contributed by atoms with Gasteiger partial charge in [0.05, 0.1) is 17.1 Å². The van der Waals surface area contributed by atoms with Gasteiger partial charge in [0.1, 0.15) is 0 Å². The fourth-order valence-corrected chi connectivity index (χ4v) is 8.82. The molecule has 3 aliphatic rings. The molecule has 0 atom stereocenters. The third kappa shape index (κ3) is 7.76. The molecule has 2 N–H and O–H groups in total. The van der Waals surface area contributed by atoms with E-state index in [2.05, 4.69) is 43.8 Å². The largest absolute Gasteiger partial charge is 0.322 e. The Morgan fingerprint density at radius 2 is 0.767 bits per heavy atom. The Morgan fingerprint density at radius 3 is 1.17 bits per heavy atom. The molecular formula is C52H43N5O3. The van der Waals surface area contributed by atoms with Crippen molar-refractivity contribution in [2.24, 2.45) is 0 Å². The molecule has 10 rings (SSSR count). The van der Waals surface area contributed by atoms with Gasteiger partial charge >= 0.3 is 0 Å². The van der Waals surface area contributed by atoms with Crippen LogP contribution in [-0.2, 0) is 44.9 Å². The van der Waals surface area contributed by atoms with Crippen LogP contribution in [0.2, 0.25) is 0 Å². The van der Waals surface area contributed by atoms with E-state index in [4.69, 9.17) is 0 Å². The van der Waals surface area contributed by atoms with Crippen molar-refractivity contribution in [3.05, 3.63) is 183 Å². The van der Waals surface area contributed by atoms with Crippen LogP contribution in [0, 0.1) is 0 Å². The Hall–Kier alpha value is -7.06. The maximum absolute atomic E-state index is 14.0. The molecule has 4 aromatic carbocycles. The second-order valence-electron chi connectivity index (χ2n) is 16.2. The first-order valence-electron chi connectivity index (χ1n) is 20.9. The lowest BCUT2D eigenvalue weighted by Gasteiger charge is -2.12. The average Bonchev–Trinajstić information content (AvgIpc) is 4.08. The zero-order valence-corrected chi connectivity index (χ0v) is 33.3. The minimum Gasteiger partial charge on any atom is -0.322 e. The number of hydrogen-bond donors (Lipinski definition) is 2. The van der Waals surface area contributed by atoms with Crippen molar-refractivity contribution >= 4 is 29.0 Å². The van der Waals surface area contributed by atoms with Crippen molar-refractivity contribution in [2.45, 2.75) is 64.2 Å². The van der Waals surface area contributed by atoms with Crippen LogP contribution in [0.3, 0.4) is 0 Å². The Labute approximate surface area is 349 Å². The van der Waals surface area contributed by atoms with Gasteiger partial charge in [-0.25, -0.2) is 0 Å². The molecule has 0 fully saturated rings. The zero-order valence-electron chi connectivity index (χ0n) is 33.3. The molecular weight excluding hydrogens is 743 g/mol. The summed E-state index contributed by atoms with van der Waals surface area (Å²) in [6.07, 6.45) is 15.9. The number of fused-ring (bicyclic) bond motifs is 3. The first-order chi connectivity index (χ1) is 29.4. The molecule has 8 heteroatoms. The van der Waals surface area contributed by atoms with Crippen LogP contribution in [-0.4, -0.2) is 32.5 Å². The predicted octanol–water partition coefficient (Wildman–Crippen LogP) is 10.3. The van der Waals surface area contributed by atoms with Gasteiger partial charge in [-0.2, -0.15) is 0 Å². The van der Waals surface area contributed by atoms with E-state index < -0.39 is 11.8 Å². The Kier molecular flexibility index (Phi) is 9.89. The van der Waals surface area contributed by atoms with Crippen LogP contribution in [0.1, 0.15) is 89.3 Å². The van der Waals surface area contributed by atoms with E-state index in [0.29, 0.717) is 11.4 Å². The lowest BCUT2D eigenvalue weighted by molar-refractivity contribution is 0.0993. The molecule has 0 bridgehead atoms. The fraction of sp³-hybridized carbons (Fsp3) is 0.192. The first kappa shape index (κ1) is 37.2. The van der Waals surface area contributed by atoms with Crippen molar-refractivity contribution in [3.63, 3.8) is 0 Å². The van der Waals surface area contributed by atoms with Crippen LogP contribution < -0.4 is 10.6 Å². The Balaban J connectivity index is 0.888. The molecule has 294 valence electrons. The van der Waals surface area contributed by atoms with Crippen LogP contribution in [0.15, 0.2) is 128 Å². The van der Waals surface area contributed by atoms with Crippen LogP contribution in [0.4, 0.5) is 11.4 Å². The number of pyridine rings is 3. The summed E-state index contributed by atoms with van der Waals surface area (Å²) in [7, 11) is 0. The van der Waals surface area contributed by atoms with E-state index in [1.54, 1.807) is 12.1 Å². The predicted molar refractivity (Wildman–Crippen MR) is 235 cm³/mol. The average molecular weight is 786 g/mol. The molecule has 3 aromatic heterocycles. The van der Waals surface area contributed by atoms with E-state index >= 15 is 0 Å². The van der Waals surface area contributed by atoms with E-state index in [9.17, 15) is 14.4 Å². The number of benzene rings is 4. The monoisotopic (exact) mass is 785 g/mol. The molecule has 0 unspecified atom stereocenters. The van der Waals surface area contributed by atoms with Gasteiger partial charge in [-0.3, -0.25) is 29.3 Å². The van der Waals surface area contributed by atoms with Crippen LogP contribution in [0.25, 0.3) is 33.8 Å². The number of nitrogens with one attached hydrogen (secondary N) is 2. The minimum absolute atomic E-state index is 0.0976. The molecule has 0 saturated carbocycles. The summed E-state index contributed by atoms with van der Waals surface area (Å²) in [6, 6.07) is 34.1. The Morgan fingerprint density at radius 1 is 0.417 bits per heavy atom. The summed E-state index contributed by atoms with van der Waals surface area (Å²) in [4.78, 5) is 55.7. The van der Waals surface area contributed by atoms with Crippen molar-refractivity contribution in [1.29, 1.82) is 0 Å². The number of anilines is 2. The SMILES string of the molecule is O=C(Cc1ccc(-c2cc3c(cn2)CCC3)cc1)c1cc(C(=O)Nc2ccc(-c3cc4c(cn3)CCC4)cc2)cc(C(=O)Nc2ccc(-c3cc4c(cn3)CCC4)cc2)c1. The van der Waals surface area contributed by atoms with Crippen molar-refractivity contribution < 1.29 is 14.4 Å². The number of aromatic nitrogens is 3. The second kappa shape index (κ2) is 15.9. The smallest absolute Gasteiger partial charge is 0.255 e. The van der Waals surface area contributed by atoms with Gasteiger partial charge in [-0.05, 0) is 157 Å². The standard InChI is InChI=1S/C52H43N5O3/c58-50(22-32-10-12-33(13-11-32)47-26-36-4-1-7-39(36)29-53-47)42-23-43(51(59)56-45-18-14-34(15-19-45)48-27-37-5-2-8-40(37)30-54-48)25-44(24-42)52(60)57-46-20-16-35(17-21-46)49-28-38-6-3-9-41(38)31-55-49/h10-21,23-31H,1-9,22H2,(H,56,59)(H,57,60). The molecule has 0 aliphatic heterocycles. The highest BCUT2D eigenvalue weighted by molar-refractivity contribution is 6.11. The van der Waals surface area contributed by atoms with Crippen molar-refractivity contribution in [1.82, 2.24) is 15.0 Å². The van der Waals surface area contributed by atoms with Crippen molar-refractivity contribution in [2.75, 3.05) is 10.6 Å². The van der Waals surface area contributed by atoms with Gasteiger partial charge in [0.2, 0.25) is 0 Å². The van der Waals surface area contributed by atoms with Crippen molar-refractivity contribution in [3.8, 4) is 33.8 Å². The third-order valence-electron chi connectivity index (χ3n) is 12.2. The fourth-order valence-electron chi connectivity index (χ4n) is 8.82. The van der Waals surface area contributed by atoms with Gasteiger partial charge in [-0.15, -0.1) is 0 Å². The molecule has 3 aliphatic carbocycles. The van der Waals surface area contributed by atoms with Gasteiger partial charge in [0.15, 0.2) is 5.78 Å². The molecule has 60 heavy (non-hydrogen) atoms. The summed E-state index contributed by atoms with van der Waals surface area (Å²) in [5, 5.41) is 5.94. The topological polar surface area (TPSA) is 114 Å². The van der Waals surface area contributed by atoms with E-state index in [-0.39, 0.29) is 28.9 Å². The minimum atomic E-state index is -0.431. The molecule has 0 spiro atoms. The van der Waals surface area contributed by atoms with Gasteiger partial charge < -0.3 is 10.6 Å². The zero-order chi connectivity index (χ0) is 40.6. The highest BCUT2D eigenvalue weighted by Gasteiger charge is 2.20. The van der Waals surface area contributed by atoms with E-state index in [0.717, 1.165) is 97.1 Å². The van der Waals surface area contributed by atoms with E-state index in [1.165, 1.54) is 39.4 Å². The number of Topliss-reactive ketones (excluding diaryl/α,β-unsaturated/α-hetero) is 1. The summed E-state index contributed by atoms with van der Waals surface area (Å²) in [6.45, 7) is 0. The molecule has 0 saturated heterocycles. The first-order valence-corrected chi connectivity index (χ1v) is 20.9. The number of aryl methyl sites for hydroxylation is 6. The second-order valence-corrected chi connectivity index (χ2v) is 16.2. The summed E-state index contributed by atoms with van der Waals surface area (Å²) < 4.78 is 0. The number of amides is 2. The number of rotatable bonds is 10. The number of carbonyl (C=O) groups is 3. The van der Waals surface area contributed by atoms with Crippen LogP contribution in [0.5, 0.6) is 0 Å². The number of carbonyl (C=O) groups excluding carboxylic acids is 3. The molecule has 7 aromatic rings. The highest BCUT2D eigenvalue weighted by Crippen LogP contribution is 2.30. The summed E-state index contributed by atoms with van der Waals surface area (Å²) >= 11 is 0. The quantitative estimate of drug-likeness (QED) is 0.134. The Bertz CT molecular complexity index is 2490. The maximum Gasteiger partial charge on any atom is 0.255 e. The molecule has 3 heterocycles. The summed E-state index contributed by atoms with van der Waals surface area (Å²) in [5.74, 6) is -1.07. The van der Waals surface area contributed by atoms with E-state index in [1.807, 2.05) is 91.4 Å². The lowest BCUT2D eigenvalue weighted by Crippen LogP contribution is -2.18. The molecule has 2 amide bonds. The summed E-state index contributed by atoms with van der Waals surface area (Å²) in [5.41, 5.74) is 16.3. The highest BCUT2D eigenvalue weighted by atomic mass is 16.2. The number of ketones is 1. The molecule has 0 radical (unpaired) electrons. The van der Waals surface area contributed by atoms with Gasteiger partial charge in [0.25, 0.3) is 11.8 Å². The van der Waals surface area contributed by atoms with Gasteiger partial charge in [0, 0.05) is 69.8 Å². The number of hydrogen-bond acceptors (Lipinski definition) is 6. The number of nitrogens with zero attached hydrogens (tertiary/aromatic N) is 3. The van der Waals surface area contributed by atoms with Gasteiger partial charge in [-0.1, -0.05) is 48.5 Å². The van der Waals surface area contributed by atoms with Crippen LogP contribution >= 0.6 is 0 Å². The molecule has 8 nitrogen and oxygen atoms in total. The maximum atomic E-state index is 14.0.